The van der Waals surface area contributed by atoms with E-state index in [1.165, 1.54) is 25.0 Å². The van der Waals surface area contributed by atoms with Gasteiger partial charge in [0.1, 0.15) is 17.0 Å². The Bertz CT molecular complexity index is 1860. The van der Waals surface area contributed by atoms with Crippen LogP contribution in [0.2, 0.25) is 0 Å². The van der Waals surface area contributed by atoms with E-state index in [4.69, 9.17) is 4.98 Å². The Hall–Kier alpha value is -5.19. The van der Waals surface area contributed by atoms with Gasteiger partial charge in [-0.1, -0.05) is 18.2 Å². The first-order chi connectivity index (χ1) is 19.7. The van der Waals surface area contributed by atoms with Gasteiger partial charge in [0.05, 0.1) is 23.0 Å². The molecule has 1 aromatic carbocycles. The number of fused-ring (bicyclic) bond motifs is 2. The van der Waals surface area contributed by atoms with E-state index in [0.717, 1.165) is 37.1 Å². The molecule has 7 rings (SSSR count). The largest absolute Gasteiger partial charge is 0.370 e. The number of piperidine rings is 1. The number of hydrogen-bond donors (Lipinski definition) is 3. The smallest absolute Gasteiger partial charge is 0.255 e. The molecule has 10 nitrogen and oxygen atoms in total. The van der Waals surface area contributed by atoms with Crippen molar-refractivity contribution in [1.29, 1.82) is 0 Å². The van der Waals surface area contributed by atoms with Crippen molar-refractivity contribution in [3.05, 3.63) is 78.6 Å². The first-order valence-electron chi connectivity index (χ1n) is 13.1. The highest BCUT2D eigenvalue weighted by atomic mass is 19.1. The Morgan fingerprint density at radius 1 is 0.975 bits per heavy atom. The van der Waals surface area contributed by atoms with Crippen LogP contribution in [0, 0.1) is 5.82 Å². The highest BCUT2D eigenvalue weighted by Crippen LogP contribution is 2.34. The summed E-state index contributed by atoms with van der Waals surface area (Å²) in [5, 5.41) is 10.2. The zero-order valence-electron chi connectivity index (χ0n) is 21.4. The summed E-state index contributed by atoms with van der Waals surface area (Å²) in [4.78, 5) is 36.0. The maximum absolute atomic E-state index is 16.1. The van der Waals surface area contributed by atoms with Crippen LogP contribution in [0.1, 0.15) is 29.6 Å². The summed E-state index contributed by atoms with van der Waals surface area (Å²) in [6, 6.07) is 12.5. The molecule has 5 aromatic heterocycles. The van der Waals surface area contributed by atoms with E-state index in [1.54, 1.807) is 36.5 Å². The van der Waals surface area contributed by atoms with Crippen molar-refractivity contribution in [2.75, 3.05) is 23.3 Å². The lowest BCUT2D eigenvalue weighted by molar-refractivity contribution is 0.102. The number of carbonyl (C=O) groups is 1. The van der Waals surface area contributed by atoms with E-state index >= 15 is 4.39 Å². The lowest BCUT2D eigenvalue weighted by atomic mass is 10.1. The molecular formula is C29H24FN9O. The summed E-state index contributed by atoms with van der Waals surface area (Å²) in [6.07, 6.45) is 9.72. The number of rotatable bonds is 5. The number of hydrogen-bond acceptors (Lipinski definition) is 7. The molecule has 6 aromatic rings. The molecule has 0 atom stereocenters. The third-order valence-electron chi connectivity index (χ3n) is 7.15. The highest BCUT2D eigenvalue weighted by molar-refractivity contribution is 6.04. The van der Waals surface area contributed by atoms with Gasteiger partial charge in [-0.05, 0) is 43.5 Å². The van der Waals surface area contributed by atoms with E-state index in [2.05, 4.69) is 40.3 Å². The lowest BCUT2D eigenvalue weighted by Crippen LogP contribution is -2.29. The Morgan fingerprint density at radius 2 is 1.82 bits per heavy atom. The number of nitrogens with one attached hydrogen (secondary N) is 3. The number of benzene rings is 1. The molecule has 1 saturated heterocycles. The summed E-state index contributed by atoms with van der Waals surface area (Å²) in [7, 11) is 0. The third kappa shape index (κ3) is 4.21. The molecule has 0 bridgehead atoms. The predicted octanol–water partition coefficient (Wildman–Crippen LogP) is 5.34. The van der Waals surface area contributed by atoms with Crippen molar-refractivity contribution >= 4 is 39.5 Å². The maximum Gasteiger partial charge on any atom is 0.255 e. The third-order valence-corrected chi connectivity index (χ3v) is 7.15. The second-order valence-corrected chi connectivity index (χ2v) is 9.72. The fourth-order valence-corrected chi connectivity index (χ4v) is 5.18. The van der Waals surface area contributed by atoms with E-state index in [-0.39, 0.29) is 16.9 Å². The topological polar surface area (TPSA) is 128 Å². The number of pyridine rings is 3. The van der Waals surface area contributed by atoms with Crippen LogP contribution in [0.25, 0.3) is 44.8 Å². The normalized spacial score (nSPS) is 13.7. The molecule has 0 saturated carbocycles. The molecule has 198 valence electrons. The molecule has 1 aliphatic heterocycles. The van der Waals surface area contributed by atoms with E-state index in [0.29, 0.717) is 39.6 Å². The van der Waals surface area contributed by atoms with Gasteiger partial charge in [0.15, 0.2) is 17.1 Å². The molecule has 3 N–H and O–H groups in total. The number of aromatic amines is 2. The van der Waals surface area contributed by atoms with Crippen LogP contribution >= 0.6 is 0 Å². The fraction of sp³-hybridized carbons (Fsp3) is 0.172. The zero-order chi connectivity index (χ0) is 27.1. The van der Waals surface area contributed by atoms with Gasteiger partial charge >= 0.3 is 0 Å². The first kappa shape index (κ1) is 23.9. The van der Waals surface area contributed by atoms with Gasteiger partial charge in [0.2, 0.25) is 0 Å². The number of imidazole rings is 1. The summed E-state index contributed by atoms with van der Waals surface area (Å²) >= 11 is 0. The van der Waals surface area contributed by atoms with Crippen molar-refractivity contribution < 1.29 is 9.18 Å². The molecule has 0 spiro atoms. The van der Waals surface area contributed by atoms with Crippen molar-refractivity contribution in [2.24, 2.45) is 0 Å². The average Bonchev–Trinajstić information content (AvgIpc) is 3.63. The van der Waals surface area contributed by atoms with Crippen LogP contribution in [0.5, 0.6) is 0 Å². The highest BCUT2D eigenvalue weighted by Gasteiger charge is 2.23. The van der Waals surface area contributed by atoms with Crippen LogP contribution in [0.15, 0.2) is 67.3 Å². The van der Waals surface area contributed by atoms with E-state index in [9.17, 15) is 4.79 Å². The van der Waals surface area contributed by atoms with E-state index in [1.807, 2.05) is 12.1 Å². The molecule has 0 radical (unpaired) electrons. The fourth-order valence-electron chi connectivity index (χ4n) is 5.18. The lowest BCUT2D eigenvalue weighted by Gasteiger charge is -2.28. The molecule has 6 heterocycles. The SMILES string of the molecule is O=C(Nc1cncc(-c2cnc3[nH]nc(-c4nc5c(N6CCCCC6)ccnc5[nH]4)c3c2F)c1)c1ccccc1. The minimum absolute atomic E-state index is 0.204. The number of halogens is 1. The number of aromatic nitrogens is 7. The second kappa shape index (κ2) is 9.84. The van der Waals surface area contributed by atoms with Gasteiger partial charge in [-0.3, -0.25) is 14.9 Å². The van der Waals surface area contributed by atoms with Gasteiger partial charge in [-0.15, -0.1) is 0 Å². The molecule has 0 aliphatic carbocycles. The average molecular weight is 534 g/mol. The van der Waals surface area contributed by atoms with E-state index < -0.39 is 5.82 Å². The first-order valence-corrected chi connectivity index (χ1v) is 13.1. The van der Waals surface area contributed by atoms with Crippen LogP contribution < -0.4 is 10.2 Å². The molecule has 11 heteroatoms. The number of amides is 1. The van der Waals surface area contributed by atoms with Gasteiger partial charge in [-0.2, -0.15) is 5.10 Å². The summed E-state index contributed by atoms with van der Waals surface area (Å²) in [5.74, 6) is -0.405. The molecule has 40 heavy (non-hydrogen) atoms. The van der Waals surface area contributed by atoms with Crippen LogP contribution in [-0.2, 0) is 0 Å². The maximum atomic E-state index is 16.1. The monoisotopic (exact) mass is 533 g/mol. The Labute approximate surface area is 227 Å². The number of anilines is 2. The number of nitrogens with zero attached hydrogens (tertiary/aromatic N) is 6. The number of carbonyl (C=O) groups excluding carboxylic acids is 1. The quantitative estimate of drug-likeness (QED) is 0.273. The molecular weight excluding hydrogens is 509 g/mol. The minimum atomic E-state index is -0.522. The summed E-state index contributed by atoms with van der Waals surface area (Å²) in [6.45, 7) is 1.93. The Morgan fingerprint density at radius 3 is 2.67 bits per heavy atom. The zero-order valence-corrected chi connectivity index (χ0v) is 21.4. The van der Waals surface area contributed by atoms with Crippen molar-refractivity contribution in [3.8, 4) is 22.6 Å². The van der Waals surface area contributed by atoms with Crippen LogP contribution in [0.3, 0.4) is 0 Å². The standard InChI is InChI=1S/C29H24FN9O/c30-23-20(18-13-19(15-31-14-18)34-29(40)17-7-3-1-4-8-17)16-33-26-22(23)25(37-38-26)28-35-24-21(9-10-32-27(24)36-28)39-11-5-2-6-12-39/h1,3-4,7-10,13-16H,2,5-6,11-12H2,(H,34,40)(H,32,35,36)(H,33,37,38). The molecule has 1 amide bonds. The van der Waals surface area contributed by atoms with Gasteiger partial charge in [0, 0.05) is 48.4 Å². The van der Waals surface area contributed by atoms with Crippen LogP contribution in [0.4, 0.5) is 15.8 Å². The van der Waals surface area contributed by atoms with Gasteiger partial charge in [0.25, 0.3) is 5.91 Å². The van der Waals surface area contributed by atoms with Crippen molar-refractivity contribution in [1.82, 2.24) is 35.1 Å². The minimum Gasteiger partial charge on any atom is -0.370 e. The summed E-state index contributed by atoms with van der Waals surface area (Å²) in [5.41, 5.74) is 4.59. The van der Waals surface area contributed by atoms with Gasteiger partial charge < -0.3 is 15.2 Å². The van der Waals surface area contributed by atoms with Crippen molar-refractivity contribution in [2.45, 2.75) is 19.3 Å². The predicted molar refractivity (Wildman–Crippen MR) is 150 cm³/mol. The molecule has 1 aliphatic rings. The van der Waals surface area contributed by atoms with Crippen molar-refractivity contribution in [3.63, 3.8) is 0 Å². The Balaban J connectivity index is 1.26. The van der Waals surface area contributed by atoms with Crippen LogP contribution in [-0.4, -0.2) is 54.1 Å². The second-order valence-electron chi connectivity index (χ2n) is 9.72. The summed E-state index contributed by atoms with van der Waals surface area (Å²) < 4.78 is 16.1. The Kier molecular flexibility index (Phi) is 5.88. The molecule has 0 unspecified atom stereocenters. The number of H-pyrrole nitrogens is 2. The molecule has 1 fully saturated rings. The van der Waals surface area contributed by atoms with Gasteiger partial charge in [-0.25, -0.2) is 19.3 Å².